The van der Waals surface area contributed by atoms with E-state index in [9.17, 15) is 0 Å². The third-order valence-electron chi connectivity index (χ3n) is 5.55. The van der Waals surface area contributed by atoms with Crippen molar-refractivity contribution in [2.24, 2.45) is 5.73 Å². The quantitative estimate of drug-likeness (QED) is 0.319. The Kier molecular flexibility index (Phi) is 11.9. The Hall–Kier alpha value is -0.820. The highest BCUT2D eigenvalue weighted by Gasteiger charge is 2.19. The van der Waals surface area contributed by atoms with Crippen LogP contribution in [-0.4, -0.2) is 0 Å². The van der Waals surface area contributed by atoms with Crippen LogP contribution in [0.15, 0.2) is 18.2 Å². The summed E-state index contributed by atoms with van der Waals surface area (Å²) in [4.78, 5) is 0. The van der Waals surface area contributed by atoms with Crippen molar-refractivity contribution in [3.63, 3.8) is 0 Å². The van der Waals surface area contributed by atoms with Crippen molar-refractivity contribution in [3.8, 4) is 0 Å². The van der Waals surface area contributed by atoms with E-state index >= 15 is 0 Å². The lowest BCUT2D eigenvalue weighted by molar-refractivity contribution is 0.539. The van der Waals surface area contributed by atoms with Gasteiger partial charge in [0.05, 0.1) is 0 Å². The van der Waals surface area contributed by atoms with Crippen LogP contribution in [0.1, 0.15) is 121 Å². The molecule has 0 amide bonds. The van der Waals surface area contributed by atoms with Crippen LogP contribution >= 0.6 is 0 Å². The molecule has 0 heterocycles. The smallest absolute Gasteiger partial charge is 0.0355 e. The minimum atomic E-state index is -0.241. The summed E-state index contributed by atoms with van der Waals surface area (Å²) in [5.41, 5.74) is 10.8. The number of aryl methyl sites for hydroxylation is 1. The largest absolute Gasteiger partial charge is 0.322 e. The maximum atomic E-state index is 6.51. The molecule has 1 nitrogen and oxygen atoms in total. The Morgan fingerprint density at radius 2 is 1.19 bits per heavy atom. The first-order valence-corrected chi connectivity index (χ1v) is 11.4. The minimum Gasteiger partial charge on any atom is -0.322 e. The Morgan fingerprint density at radius 3 is 1.73 bits per heavy atom. The van der Waals surface area contributed by atoms with E-state index in [-0.39, 0.29) is 5.54 Å². The molecule has 0 aliphatic carbocycles. The van der Waals surface area contributed by atoms with Crippen LogP contribution in [0.25, 0.3) is 0 Å². The van der Waals surface area contributed by atoms with Crippen molar-refractivity contribution in [3.05, 3.63) is 34.9 Å². The summed E-state index contributed by atoms with van der Waals surface area (Å²) in [6, 6.07) is 6.84. The fourth-order valence-corrected chi connectivity index (χ4v) is 3.95. The van der Waals surface area contributed by atoms with Gasteiger partial charge in [0.25, 0.3) is 0 Å². The molecule has 2 N–H and O–H groups in total. The Labute approximate surface area is 164 Å². The SMILES string of the molecule is CCCCCCCCc1cccc(C(C)(C)N)c1CCCCCCCC. The van der Waals surface area contributed by atoms with E-state index in [1.54, 1.807) is 11.1 Å². The summed E-state index contributed by atoms with van der Waals surface area (Å²) in [6.45, 7) is 8.88. The number of benzene rings is 1. The highest BCUT2D eigenvalue weighted by Crippen LogP contribution is 2.27. The van der Waals surface area contributed by atoms with E-state index in [4.69, 9.17) is 5.73 Å². The fourth-order valence-electron chi connectivity index (χ4n) is 3.95. The van der Waals surface area contributed by atoms with E-state index in [0.29, 0.717) is 0 Å². The van der Waals surface area contributed by atoms with Gasteiger partial charge >= 0.3 is 0 Å². The molecule has 0 aliphatic rings. The lowest BCUT2D eigenvalue weighted by atomic mass is 9.84. The molecule has 26 heavy (non-hydrogen) atoms. The number of hydrogen-bond acceptors (Lipinski definition) is 1. The van der Waals surface area contributed by atoms with Gasteiger partial charge in [-0.3, -0.25) is 0 Å². The van der Waals surface area contributed by atoms with Crippen molar-refractivity contribution in [2.45, 2.75) is 123 Å². The van der Waals surface area contributed by atoms with E-state index < -0.39 is 0 Å². The molecule has 1 rings (SSSR count). The van der Waals surface area contributed by atoms with Gasteiger partial charge in [-0.05, 0) is 56.2 Å². The Balaban J connectivity index is 2.63. The molecular weight excluding hydrogens is 314 g/mol. The second-order valence-electron chi connectivity index (χ2n) is 8.70. The molecule has 1 aromatic carbocycles. The molecule has 1 aromatic rings. The predicted molar refractivity (Wildman–Crippen MR) is 118 cm³/mol. The van der Waals surface area contributed by atoms with Gasteiger partial charge in [-0.25, -0.2) is 0 Å². The Morgan fingerprint density at radius 1 is 0.692 bits per heavy atom. The van der Waals surface area contributed by atoms with Crippen LogP contribution in [0.3, 0.4) is 0 Å². The van der Waals surface area contributed by atoms with Gasteiger partial charge in [0, 0.05) is 5.54 Å². The highest BCUT2D eigenvalue weighted by molar-refractivity contribution is 5.39. The first-order chi connectivity index (χ1) is 12.5. The molecule has 0 bridgehead atoms. The lowest BCUT2D eigenvalue weighted by Crippen LogP contribution is -2.30. The first kappa shape index (κ1) is 23.2. The highest BCUT2D eigenvalue weighted by atomic mass is 14.7. The number of unbranched alkanes of at least 4 members (excludes halogenated alkanes) is 10. The molecule has 150 valence electrons. The summed E-state index contributed by atoms with van der Waals surface area (Å²) in [5, 5.41) is 0. The third-order valence-corrected chi connectivity index (χ3v) is 5.55. The van der Waals surface area contributed by atoms with Crippen molar-refractivity contribution in [1.29, 1.82) is 0 Å². The summed E-state index contributed by atoms with van der Waals surface area (Å²) < 4.78 is 0. The number of rotatable bonds is 15. The van der Waals surface area contributed by atoms with E-state index in [1.807, 2.05) is 0 Å². The second-order valence-corrected chi connectivity index (χ2v) is 8.70. The van der Waals surface area contributed by atoms with Crippen molar-refractivity contribution < 1.29 is 0 Å². The van der Waals surface area contributed by atoms with Gasteiger partial charge in [-0.15, -0.1) is 0 Å². The molecule has 0 unspecified atom stereocenters. The molecule has 0 radical (unpaired) electrons. The predicted octanol–water partition coefficient (Wildman–Crippen LogP) is 7.69. The minimum absolute atomic E-state index is 0.241. The number of nitrogens with two attached hydrogens (primary N) is 1. The molecule has 0 aromatic heterocycles. The van der Waals surface area contributed by atoms with Crippen LogP contribution in [0, 0.1) is 0 Å². The second kappa shape index (κ2) is 13.4. The van der Waals surface area contributed by atoms with Gasteiger partial charge in [0.15, 0.2) is 0 Å². The molecule has 0 saturated carbocycles. The zero-order valence-corrected chi connectivity index (χ0v) is 18.2. The van der Waals surface area contributed by atoms with Gasteiger partial charge in [0.1, 0.15) is 0 Å². The molecule has 0 fully saturated rings. The summed E-state index contributed by atoms with van der Waals surface area (Å²) in [7, 11) is 0. The van der Waals surface area contributed by atoms with Crippen molar-refractivity contribution in [1.82, 2.24) is 0 Å². The lowest BCUT2D eigenvalue weighted by Gasteiger charge is -2.25. The first-order valence-electron chi connectivity index (χ1n) is 11.4. The zero-order chi connectivity index (χ0) is 19.3. The average molecular weight is 360 g/mol. The standard InChI is InChI=1S/C25H45N/c1-5-7-9-11-13-15-18-22-19-17-21-24(25(3,4)26)23(22)20-16-14-12-10-8-6-2/h17,19,21H,5-16,18,20,26H2,1-4H3. The zero-order valence-electron chi connectivity index (χ0n) is 18.2. The normalized spacial score (nSPS) is 11.9. The van der Waals surface area contributed by atoms with Crippen LogP contribution < -0.4 is 5.73 Å². The maximum Gasteiger partial charge on any atom is 0.0355 e. The topological polar surface area (TPSA) is 26.0 Å². The van der Waals surface area contributed by atoms with Gasteiger partial charge in [-0.2, -0.15) is 0 Å². The van der Waals surface area contributed by atoms with E-state index in [1.165, 1.54) is 95.5 Å². The van der Waals surface area contributed by atoms with Gasteiger partial charge in [0.2, 0.25) is 0 Å². The monoisotopic (exact) mass is 359 g/mol. The number of hydrogen-bond donors (Lipinski definition) is 1. The molecular formula is C25H45N. The van der Waals surface area contributed by atoms with Crippen molar-refractivity contribution >= 4 is 0 Å². The summed E-state index contributed by atoms with van der Waals surface area (Å²) in [5.74, 6) is 0. The maximum absolute atomic E-state index is 6.51. The fraction of sp³-hybridized carbons (Fsp3) is 0.760. The Bertz CT molecular complexity index is 470. The van der Waals surface area contributed by atoms with Gasteiger partial charge in [-0.1, -0.05) is 96.3 Å². The summed E-state index contributed by atoms with van der Waals surface area (Å²) >= 11 is 0. The molecule has 0 atom stereocenters. The third kappa shape index (κ3) is 9.21. The average Bonchev–Trinajstić information content (AvgIpc) is 2.60. The van der Waals surface area contributed by atoms with E-state index in [0.717, 1.165) is 0 Å². The molecule has 0 aliphatic heterocycles. The molecule has 0 saturated heterocycles. The molecule has 0 spiro atoms. The van der Waals surface area contributed by atoms with Crippen LogP contribution in [0.4, 0.5) is 0 Å². The van der Waals surface area contributed by atoms with Crippen molar-refractivity contribution in [2.75, 3.05) is 0 Å². The van der Waals surface area contributed by atoms with Crippen LogP contribution in [-0.2, 0) is 18.4 Å². The van der Waals surface area contributed by atoms with Crippen LogP contribution in [0.5, 0.6) is 0 Å². The van der Waals surface area contributed by atoms with Crippen LogP contribution in [0.2, 0.25) is 0 Å². The van der Waals surface area contributed by atoms with Gasteiger partial charge < -0.3 is 5.73 Å². The van der Waals surface area contributed by atoms with E-state index in [2.05, 4.69) is 45.9 Å². The molecule has 1 heteroatoms. The summed E-state index contributed by atoms with van der Waals surface area (Å²) in [6.07, 6.45) is 18.8.